The summed E-state index contributed by atoms with van der Waals surface area (Å²) in [5.74, 6) is -0.143. The van der Waals surface area contributed by atoms with Gasteiger partial charge in [0.15, 0.2) is 0 Å². The van der Waals surface area contributed by atoms with Gasteiger partial charge in [-0.2, -0.15) is 0 Å². The zero-order chi connectivity index (χ0) is 16.2. The SMILES string of the molecule is CNC(=O)[C@H]1C[C@@H]2CN(C(=O)NCCc3ccccc3)C[C@H]1O2. The van der Waals surface area contributed by atoms with E-state index >= 15 is 0 Å². The molecule has 6 heteroatoms. The van der Waals surface area contributed by atoms with E-state index in [1.165, 1.54) is 5.56 Å². The van der Waals surface area contributed by atoms with Crippen LogP contribution in [0.2, 0.25) is 0 Å². The molecule has 3 amide bonds. The summed E-state index contributed by atoms with van der Waals surface area (Å²) >= 11 is 0. The van der Waals surface area contributed by atoms with Crippen LogP contribution >= 0.6 is 0 Å². The Morgan fingerprint density at radius 1 is 1.26 bits per heavy atom. The van der Waals surface area contributed by atoms with Gasteiger partial charge in [-0.3, -0.25) is 4.79 Å². The molecule has 3 rings (SSSR count). The molecule has 3 atom stereocenters. The van der Waals surface area contributed by atoms with Gasteiger partial charge < -0.3 is 20.3 Å². The van der Waals surface area contributed by atoms with E-state index in [0.29, 0.717) is 26.1 Å². The highest BCUT2D eigenvalue weighted by Gasteiger charge is 2.45. The third kappa shape index (κ3) is 3.64. The fourth-order valence-electron chi connectivity index (χ4n) is 3.36. The molecule has 124 valence electrons. The van der Waals surface area contributed by atoms with E-state index in [-0.39, 0.29) is 30.1 Å². The maximum absolute atomic E-state index is 12.3. The number of urea groups is 1. The van der Waals surface area contributed by atoms with Crippen LogP contribution in [0.4, 0.5) is 4.79 Å². The first-order valence-electron chi connectivity index (χ1n) is 8.11. The number of ether oxygens (including phenoxy) is 1. The number of amides is 3. The number of carbonyl (C=O) groups is 2. The topological polar surface area (TPSA) is 70.7 Å². The van der Waals surface area contributed by atoms with Crippen LogP contribution in [0, 0.1) is 5.92 Å². The van der Waals surface area contributed by atoms with Gasteiger partial charge in [0, 0.05) is 26.7 Å². The Labute approximate surface area is 136 Å². The summed E-state index contributed by atoms with van der Waals surface area (Å²) in [7, 11) is 1.64. The van der Waals surface area contributed by atoms with Gasteiger partial charge in [0.05, 0.1) is 18.1 Å². The molecule has 2 bridgehead atoms. The van der Waals surface area contributed by atoms with Crippen molar-refractivity contribution in [1.29, 1.82) is 0 Å². The van der Waals surface area contributed by atoms with Crippen LogP contribution in [0.3, 0.4) is 0 Å². The molecule has 0 radical (unpaired) electrons. The molecule has 6 nitrogen and oxygen atoms in total. The van der Waals surface area contributed by atoms with E-state index in [2.05, 4.69) is 22.8 Å². The number of benzene rings is 1. The van der Waals surface area contributed by atoms with Crippen LogP contribution in [-0.4, -0.2) is 55.7 Å². The maximum atomic E-state index is 12.3. The number of hydrogen-bond acceptors (Lipinski definition) is 3. The second kappa shape index (κ2) is 7.00. The maximum Gasteiger partial charge on any atom is 0.317 e. The summed E-state index contributed by atoms with van der Waals surface area (Å²) in [6.07, 6.45) is 1.28. The van der Waals surface area contributed by atoms with E-state index in [1.54, 1.807) is 11.9 Å². The molecule has 2 aliphatic rings. The lowest BCUT2D eigenvalue weighted by molar-refractivity contribution is -0.127. The number of fused-ring (bicyclic) bond motifs is 2. The molecule has 2 heterocycles. The molecule has 0 spiro atoms. The van der Waals surface area contributed by atoms with Crippen LogP contribution in [0.25, 0.3) is 0 Å². The quantitative estimate of drug-likeness (QED) is 0.862. The first-order chi connectivity index (χ1) is 11.2. The highest BCUT2D eigenvalue weighted by atomic mass is 16.5. The third-order valence-electron chi connectivity index (χ3n) is 4.56. The lowest BCUT2D eigenvalue weighted by Crippen LogP contribution is -2.51. The van der Waals surface area contributed by atoms with Crippen molar-refractivity contribution in [2.45, 2.75) is 25.0 Å². The van der Waals surface area contributed by atoms with Crippen LogP contribution in [-0.2, 0) is 16.0 Å². The number of morpholine rings is 1. The lowest BCUT2D eigenvalue weighted by Gasteiger charge is -2.32. The van der Waals surface area contributed by atoms with Gasteiger partial charge in [-0.25, -0.2) is 4.79 Å². The van der Waals surface area contributed by atoms with Crippen LogP contribution in [0.1, 0.15) is 12.0 Å². The molecule has 0 aliphatic carbocycles. The molecule has 2 N–H and O–H groups in total. The molecule has 1 aromatic rings. The molecular formula is C17H23N3O3. The van der Waals surface area contributed by atoms with Crippen LogP contribution in [0.15, 0.2) is 30.3 Å². The summed E-state index contributed by atoms with van der Waals surface area (Å²) < 4.78 is 5.80. The Hall–Kier alpha value is -2.08. The monoisotopic (exact) mass is 317 g/mol. The molecule has 0 aromatic heterocycles. The highest BCUT2D eigenvalue weighted by molar-refractivity contribution is 5.80. The zero-order valence-electron chi connectivity index (χ0n) is 13.3. The Bertz CT molecular complexity index is 563. The number of hydrogen-bond donors (Lipinski definition) is 2. The summed E-state index contributed by atoms with van der Waals surface area (Å²) in [6, 6.07) is 10.0. The van der Waals surface area contributed by atoms with Gasteiger partial charge in [0.1, 0.15) is 0 Å². The molecule has 2 fully saturated rings. The zero-order valence-corrected chi connectivity index (χ0v) is 13.3. The molecule has 23 heavy (non-hydrogen) atoms. The van der Waals surface area contributed by atoms with E-state index in [9.17, 15) is 9.59 Å². The van der Waals surface area contributed by atoms with Crippen molar-refractivity contribution in [1.82, 2.24) is 15.5 Å². The first kappa shape index (κ1) is 15.8. The minimum Gasteiger partial charge on any atom is -0.370 e. The minimum absolute atomic E-state index is 0.00355. The highest BCUT2D eigenvalue weighted by Crippen LogP contribution is 2.31. The van der Waals surface area contributed by atoms with Gasteiger partial charge in [0.2, 0.25) is 5.91 Å². The van der Waals surface area contributed by atoms with E-state index < -0.39 is 0 Å². The summed E-state index contributed by atoms with van der Waals surface area (Å²) in [6.45, 7) is 1.64. The normalized spacial score (nSPS) is 26.0. The van der Waals surface area contributed by atoms with E-state index in [0.717, 1.165) is 6.42 Å². The minimum atomic E-state index is -0.187. The van der Waals surface area contributed by atoms with Gasteiger partial charge >= 0.3 is 6.03 Å². The first-order valence-corrected chi connectivity index (χ1v) is 8.11. The number of nitrogens with zero attached hydrogens (tertiary/aromatic N) is 1. The van der Waals surface area contributed by atoms with E-state index in [4.69, 9.17) is 4.74 Å². The Morgan fingerprint density at radius 3 is 2.78 bits per heavy atom. The second-order valence-corrected chi connectivity index (χ2v) is 6.13. The molecular weight excluding hydrogens is 294 g/mol. The van der Waals surface area contributed by atoms with Crippen molar-refractivity contribution in [2.75, 3.05) is 26.7 Å². The number of rotatable bonds is 4. The Kier molecular flexibility index (Phi) is 4.81. The molecule has 1 aromatic carbocycles. The second-order valence-electron chi connectivity index (χ2n) is 6.13. The fraction of sp³-hybridized carbons (Fsp3) is 0.529. The molecule has 0 unspecified atom stereocenters. The van der Waals surface area contributed by atoms with Crippen LogP contribution < -0.4 is 10.6 Å². The predicted octanol–water partition coefficient (Wildman–Crippen LogP) is 0.774. The van der Waals surface area contributed by atoms with Crippen molar-refractivity contribution in [3.63, 3.8) is 0 Å². The summed E-state index contributed by atoms with van der Waals surface area (Å²) in [5, 5.41) is 5.64. The molecule has 0 saturated carbocycles. The average Bonchev–Trinajstić information content (AvgIpc) is 2.89. The summed E-state index contributed by atoms with van der Waals surface area (Å²) in [4.78, 5) is 25.9. The van der Waals surface area contributed by atoms with Crippen molar-refractivity contribution in [3.8, 4) is 0 Å². The van der Waals surface area contributed by atoms with Gasteiger partial charge in [-0.15, -0.1) is 0 Å². The largest absolute Gasteiger partial charge is 0.370 e. The lowest BCUT2D eigenvalue weighted by atomic mass is 10.00. The van der Waals surface area contributed by atoms with Gasteiger partial charge in [-0.1, -0.05) is 30.3 Å². The predicted molar refractivity (Wildman–Crippen MR) is 86.0 cm³/mol. The Morgan fingerprint density at radius 2 is 2.04 bits per heavy atom. The van der Waals surface area contributed by atoms with Crippen molar-refractivity contribution in [2.24, 2.45) is 5.92 Å². The Balaban J connectivity index is 1.48. The van der Waals surface area contributed by atoms with Gasteiger partial charge in [-0.05, 0) is 18.4 Å². The number of nitrogens with one attached hydrogen (secondary N) is 2. The van der Waals surface area contributed by atoms with Crippen molar-refractivity contribution >= 4 is 11.9 Å². The average molecular weight is 317 g/mol. The van der Waals surface area contributed by atoms with Gasteiger partial charge in [0.25, 0.3) is 0 Å². The number of carbonyl (C=O) groups excluding carboxylic acids is 2. The molecule has 2 saturated heterocycles. The number of likely N-dealkylation sites (tertiary alicyclic amines) is 1. The standard InChI is InChI=1S/C17H23N3O3/c1-18-16(21)14-9-13-10-20(11-15(14)23-13)17(22)19-8-7-12-5-3-2-4-6-12/h2-6,13-15H,7-11H2,1H3,(H,18,21)(H,19,22)/t13-,14+,15-/m1/s1. The van der Waals surface area contributed by atoms with E-state index in [1.807, 2.05) is 18.2 Å². The third-order valence-corrected chi connectivity index (χ3v) is 4.56. The van der Waals surface area contributed by atoms with Crippen LogP contribution in [0.5, 0.6) is 0 Å². The fourth-order valence-corrected chi connectivity index (χ4v) is 3.36. The smallest absolute Gasteiger partial charge is 0.317 e. The molecule has 2 aliphatic heterocycles. The van der Waals surface area contributed by atoms with Crippen molar-refractivity contribution < 1.29 is 14.3 Å². The summed E-state index contributed by atoms with van der Waals surface area (Å²) in [5.41, 5.74) is 1.20. The van der Waals surface area contributed by atoms with Crippen molar-refractivity contribution in [3.05, 3.63) is 35.9 Å².